The highest BCUT2D eigenvalue weighted by molar-refractivity contribution is 5.82. The summed E-state index contributed by atoms with van der Waals surface area (Å²) in [7, 11) is 2.08. The molecule has 1 aromatic rings. The minimum Gasteiger partial charge on any atom is -0.367 e. The van der Waals surface area contributed by atoms with Crippen LogP contribution in [0.5, 0.6) is 0 Å². The third-order valence-corrected chi connectivity index (χ3v) is 5.26. The number of likely N-dealkylation sites (N-methyl/N-ethyl adjacent to an activating group) is 1. The maximum absolute atomic E-state index is 12.9. The zero-order valence-corrected chi connectivity index (χ0v) is 14.4. The summed E-state index contributed by atoms with van der Waals surface area (Å²) in [5.41, 5.74) is 1.69. The Morgan fingerprint density at radius 1 is 1.08 bits per heavy atom. The number of hydrogen-bond donors (Lipinski definition) is 0. The smallest absolute Gasteiger partial charge is 0.240 e. The van der Waals surface area contributed by atoms with Gasteiger partial charge in [-0.1, -0.05) is 25.0 Å². The number of anilines is 1. The number of amides is 1. The molecule has 0 bridgehead atoms. The molecule has 5 nitrogen and oxygen atoms in total. The van der Waals surface area contributed by atoms with Gasteiger partial charge in [0.25, 0.3) is 0 Å². The molecule has 1 amide bonds. The van der Waals surface area contributed by atoms with Gasteiger partial charge in [-0.15, -0.1) is 0 Å². The van der Waals surface area contributed by atoms with E-state index in [-0.39, 0.29) is 11.9 Å². The van der Waals surface area contributed by atoms with Gasteiger partial charge in [-0.25, -0.2) is 0 Å². The van der Waals surface area contributed by atoms with Gasteiger partial charge in [-0.05, 0) is 38.6 Å². The quantitative estimate of drug-likeness (QED) is 0.835. The van der Waals surface area contributed by atoms with E-state index < -0.39 is 0 Å². The highest BCUT2D eigenvalue weighted by Gasteiger charge is 2.31. The van der Waals surface area contributed by atoms with Gasteiger partial charge >= 0.3 is 0 Å². The molecule has 1 aromatic carbocycles. The van der Waals surface area contributed by atoms with Gasteiger partial charge in [-0.3, -0.25) is 9.69 Å². The number of hydrogen-bond acceptors (Lipinski definition) is 4. The summed E-state index contributed by atoms with van der Waals surface area (Å²) < 4.78 is 0. The van der Waals surface area contributed by atoms with Gasteiger partial charge in [0.15, 0.2) is 0 Å². The van der Waals surface area contributed by atoms with E-state index in [0.717, 1.165) is 51.3 Å². The summed E-state index contributed by atoms with van der Waals surface area (Å²) >= 11 is 0. The van der Waals surface area contributed by atoms with E-state index in [1.807, 2.05) is 29.2 Å². The topological polar surface area (TPSA) is 50.6 Å². The number of carbonyl (C=O) groups excluding carboxylic acids is 1. The molecule has 3 rings (SSSR count). The van der Waals surface area contributed by atoms with Gasteiger partial charge in [0.05, 0.1) is 17.3 Å². The van der Waals surface area contributed by atoms with E-state index >= 15 is 0 Å². The number of carbonyl (C=O) groups is 1. The molecule has 2 fully saturated rings. The van der Waals surface area contributed by atoms with E-state index in [1.54, 1.807) is 0 Å². The third kappa shape index (κ3) is 3.54. The van der Waals surface area contributed by atoms with Crippen LogP contribution in [0.25, 0.3) is 0 Å². The van der Waals surface area contributed by atoms with Crippen molar-refractivity contribution in [2.24, 2.45) is 0 Å². The maximum atomic E-state index is 12.9. The molecule has 0 aliphatic carbocycles. The Kier molecular flexibility index (Phi) is 5.37. The summed E-state index contributed by atoms with van der Waals surface area (Å²) in [5.74, 6) is 0.285. The van der Waals surface area contributed by atoms with Crippen LogP contribution in [-0.4, -0.2) is 61.5 Å². The number of nitriles is 1. The van der Waals surface area contributed by atoms with E-state index in [1.165, 1.54) is 12.8 Å². The molecule has 2 aliphatic heterocycles. The van der Waals surface area contributed by atoms with E-state index in [2.05, 4.69) is 22.9 Å². The first-order chi connectivity index (χ1) is 11.7. The first-order valence-corrected chi connectivity index (χ1v) is 8.94. The van der Waals surface area contributed by atoms with Crippen molar-refractivity contribution < 1.29 is 4.79 Å². The normalized spacial score (nSPS) is 22.8. The van der Waals surface area contributed by atoms with Gasteiger partial charge < -0.3 is 9.80 Å². The Labute approximate surface area is 144 Å². The predicted octanol–water partition coefficient (Wildman–Crippen LogP) is 2.08. The van der Waals surface area contributed by atoms with Crippen LogP contribution in [0.1, 0.15) is 31.2 Å². The lowest BCUT2D eigenvalue weighted by atomic mass is 10.1. The van der Waals surface area contributed by atoms with Crippen molar-refractivity contribution >= 4 is 11.6 Å². The van der Waals surface area contributed by atoms with Crippen molar-refractivity contribution in [2.45, 2.75) is 31.7 Å². The average Bonchev–Trinajstić information content (AvgIpc) is 2.85. The highest BCUT2D eigenvalue weighted by atomic mass is 16.2. The third-order valence-electron chi connectivity index (χ3n) is 5.26. The van der Waals surface area contributed by atoms with Crippen molar-refractivity contribution in [3.63, 3.8) is 0 Å². The molecule has 0 radical (unpaired) electrons. The Hall–Kier alpha value is -2.06. The number of benzene rings is 1. The van der Waals surface area contributed by atoms with E-state index in [9.17, 15) is 10.1 Å². The fourth-order valence-corrected chi connectivity index (χ4v) is 3.79. The number of nitrogens with zero attached hydrogens (tertiary/aromatic N) is 4. The van der Waals surface area contributed by atoms with Crippen LogP contribution in [0.3, 0.4) is 0 Å². The molecular formula is C19H26N4O. The molecule has 5 heteroatoms. The number of para-hydroxylation sites is 1. The van der Waals surface area contributed by atoms with Crippen molar-refractivity contribution in [3.05, 3.63) is 29.8 Å². The molecule has 0 saturated carbocycles. The lowest BCUT2D eigenvalue weighted by molar-refractivity contribution is -0.136. The summed E-state index contributed by atoms with van der Waals surface area (Å²) in [6.07, 6.45) is 4.55. The van der Waals surface area contributed by atoms with Crippen LogP contribution < -0.4 is 4.90 Å². The van der Waals surface area contributed by atoms with E-state index in [4.69, 9.17) is 0 Å². The van der Waals surface area contributed by atoms with Crippen LogP contribution in [0, 0.1) is 11.3 Å². The zero-order chi connectivity index (χ0) is 16.9. The fraction of sp³-hybridized carbons (Fsp3) is 0.579. The van der Waals surface area contributed by atoms with Crippen LogP contribution in [-0.2, 0) is 4.79 Å². The Morgan fingerprint density at radius 2 is 1.83 bits per heavy atom. The van der Waals surface area contributed by atoms with Gasteiger partial charge in [0.1, 0.15) is 6.07 Å². The van der Waals surface area contributed by atoms with Crippen molar-refractivity contribution in [1.29, 1.82) is 5.26 Å². The lowest BCUT2D eigenvalue weighted by Gasteiger charge is -2.39. The standard InChI is InChI=1S/C19H26N4O/c1-21-10-6-2-3-9-18(21)19(24)23-13-11-22(12-14-23)17-8-5-4-7-16(17)15-20/h4-5,7-8,18H,2-3,6,9-14H2,1H3/t18-/m1/s1. The molecule has 0 N–H and O–H groups in total. The second-order valence-electron chi connectivity index (χ2n) is 6.79. The minimum absolute atomic E-state index is 0.0467. The molecule has 2 saturated heterocycles. The Morgan fingerprint density at radius 3 is 2.58 bits per heavy atom. The Balaban J connectivity index is 1.62. The second kappa shape index (κ2) is 7.67. The summed E-state index contributed by atoms with van der Waals surface area (Å²) in [5, 5.41) is 9.27. The monoisotopic (exact) mass is 326 g/mol. The Bertz CT molecular complexity index is 616. The predicted molar refractivity (Wildman–Crippen MR) is 94.8 cm³/mol. The number of rotatable bonds is 2. The largest absolute Gasteiger partial charge is 0.367 e. The molecule has 2 aliphatic rings. The number of likely N-dealkylation sites (tertiary alicyclic amines) is 1. The van der Waals surface area contributed by atoms with Gasteiger partial charge in [-0.2, -0.15) is 5.26 Å². The second-order valence-corrected chi connectivity index (χ2v) is 6.79. The van der Waals surface area contributed by atoms with Gasteiger partial charge in [0.2, 0.25) is 5.91 Å². The maximum Gasteiger partial charge on any atom is 0.240 e. The summed E-state index contributed by atoms with van der Waals surface area (Å²) in [6, 6.07) is 10.0. The molecule has 0 aromatic heterocycles. The van der Waals surface area contributed by atoms with Crippen LogP contribution in [0.4, 0.5) is 5.69 Å². The molecule has 0 unspecified atom stereocenters. The molecule has 2 heterocycles. The summed E-state index contributed by atoms with van der Waals surface area (Å²) in [4.78, 5) is 19.4. The fourth-order valence-electron chi connectivity index (χ4n) is 3.79. The van der Waals surface area contributed by atoms with Gasteiger partial charge in [0, 0.05) is 26.2 Å². The molecule has 0 spiro atoms. The average molecular weight is 326 g/mol. The molecular weight excluding hydrogens is 300 g/mol. The summed E-state index contributed by atoms with van der Waals surface area (Å²) in [6.45, 7) is 4.08. The first kappa shape index (κ1) is 16.8. The van der Waals surface area contributed by atoms with Crippen LogP contribution >= 0.6 is 0 Å². The SMILES string of the molecule is CN1CCCCC[C@@H]1C(=O)N1CCN(c2ccccc2C#N)CC1. The van der Waals surface area contributed by atoms with E-state index in [0.29, 0.717) is 5.56 Å². The van der Waals surface area contributed by atoms with Crippen molar-refractivity contribution in [3.8, 4) is 6.07 Å². The molecule has 1 atom stereocenters. The first-order valence-electron chi connectivity index (χ1n) is 8.94. The zero-order valence-electron chi connectivity index (χ0n) is 14.4. The number of piperazine rings is 1. The van der Waals surface area contributed by atoms with Crippen LogP contribution in [0.15, 0.2) is 24.3 Å². The lowest BCUT2D eigenvalue weighted by Crippen LogP contribution is -2.54. The molecule has 24 heavy (non-hydrogen) atoms. The highest BCUT2D eigenvalue weighted by Crippen LogP contribution is 2.22. The van der Waals surface area contributed by atoms with Crippen LogP contribution in [0.2, 0.25) is 0 Å². The minimum atomic E-state index is 0.0467. The molecule has 128 valence electrons. The van der Waals surface area contributed by atoms with Crippen molar-refractivity contribution in [2.75, 3.05) is 44.7 Å². The van der Waals surface area contributed by atoms with Crippen molar-refractivity contribution in [1.82, 2.24) is 9.80 Å².